The Morgan fingerprint density at radius 3 is 2.53 bits per heavy atom. The average Bonchev–Trinajstić information content (AvgIpc) is 3.78. The molecule has 1 unspecified atom stereocenters. The van der Waals surface area contributed by atoms with Crippen molar-refractivity contribution in [3.63, 3.8) is 0 Å². The van der Waals surface area contributed by atoms with Crippen molar-refractivity contribution in [2.75, 3.05) is 26.3 Å². The van der Waals surface area contributed by atoms with E-state index in [4.69, 9.17) is 20.6 Å². The molecule has 6 rings (SSSR count). The fourth-order valence-corrected chi connectivity index (χ4v) is 6.74. The highest BCUT2D eigenvalue weighted by Gasteiger charge is 2.52. The predicted octanol–water partition coefficient (Wildman–Crippen LogP) is 3.10. The van der Waals surface area contributed by atoms with Crippen LogP contribution in [0, 0.1) is 5.41 Å². The van der Waals surface area contributed by atoms with Crippen LogP contribution >= 0.6 is 11.3 Å². The summed E-state index contributed by atoms with van der Waals surface area (Å²) in [6.45, 7) is 2.02. The summed E-state index contributed by atoms with van der Waals surface area (Å²) in [6, 6.07) is 10.5. The number of carbonyl (C=O) groups is 3. The lowest BCUT2D eigenvalue weighted by Crippen LogP contribution is -2.49. The first-order valence-electron chi connectivity index (χ1n) is 13.7. The number of nitrogen functional groups attached to an aromatic ring is 1. The number of amidine groups is 1. The van der Waals surface area contributed by atoms with Crippen LogP contribution in [-0.2, 0) is 25.0 Å². The van der Waals surface area contributed by atoms with Crippen molar-refractivity contribution in [1.29, 1.82) is 5.41 Å². The standard InChI is InChI=1S/C30H29F2N5O5S/c1-16(24-11-18(14-43-24)26(33)34)36-28(40)23-12-29(41-8-9-42-29)15-37(23)25(38)13-35-27(39)17-6-7-22-20(10-17)19-4-2-3-5-21(19)30(22,31)32/h2-7,10-11,14,16,23H,8-9,12-13,15H2,1H3,(H3,33,34)(H,35,39)(H,36,40)/t16?,23-/m0/s1. The summed E-state index contributed by atoms with van der Waals surface area (Å²) in [5.74, 6) is -5.91. The molecule has 224 valence electrons. The SMILES string of the molecule is CC(NC(=O)[C@@H]1CC2(CN1C(=O)CNC(=O)c1ccc3c(c1)-c1ccccc1C3(F)F)OCCO2)c1cc(C(=N)N)cs1. The number of nitrogens with two attached hydrogens (primary N) is 1. The smallest absolute Gasteiger partial charge is 0.299 e. The maximum Gasteiger partial charge on any atom is 0.299 e. The van der Waals surface area contributed by atoms with E-state index in [2.05, 4.69) is 10.6 Å². The molecule has 3 aliphatic rings. The van der Waals surface area contributed by atoms with Crippen molar-refractivity contribution in [1.82, 2.24) is 15.5 Å². The van der Waals surface area contributed by atoms with Gasteiger partial charge in [0.25, 0.3) is 11.8 Å². The van der Waals surface area contributed by atoms with Gasteiger partial charge in [-0.2, -0.15) is 8.78 Å². The molecule has 2 aromatic carbocycles. The molecule has 0 bridgehead atoms. The molecular formula is C30H29F2N5O5S. The van der Waals surface area contributed by atoms with Crippen LogP contribution in [0.25, 0.3) is 11.1 Å². The molecule has 1 spiro atoms. The Labute approximate surface area is 249 Å². The number of fused-ring (bicyclic) bond motifs is 3. The van der Waals surface area contributed by atoms with Gasteiger partial charge in [-0.3, -0.25) is 19.8 Å². The van der Waals surface area contributed by atoms with Crippen LogP contribution in [-0.4, -0.2) is 66.6 Å². The Morgan fingerprint density at radius 2 is 1.81 bits per heavy atom. The van der Waals surface area contributed by atoms with Gasteiger partial charge in [0.05, 0.1) is 32.3 Å². The first kappa shape index (κ1) is 28.9. The van der Waals surface area contributed by atoms with Crippen LogP contribution < -0.4 is 16.4 Å². The van der Waals surface area contributed by atoms with Gasteiger partial charge in [0, 0.05) is 38.9 Å². The number of rotatable bonds is 7. The van der Waals surface area contributed by atoms with Crippen molar-refractivity contribution in [2.45, 2.75) is 37.1 Å². The molecule has 3 heterocycles. The van der Waals surface area contributed by atoms with E-state index in [-0.39, 0.29) is 41.1 Å². The average molecular weight is 610 g/mol. The molecule has 2 atom stereocenters. The quantitative estimate of drug-likeness (QED) is 0.239. The molecule has 1 aliphatic carbocycles. The molecule has 3 amide bonds. The molecule has 0 saturated carbocycles. The van der Waals surface area contributed by atoms with Crippen molar-refractivity contribution < 1.29 is 32.6 Å². The van der Waals surface area contributed by atoms with Gasteiger partial charge in [0.15, 0.2) is 5.79 Å². The zero-order valence-electron chi connectivity index (χ0n) is 23.1. The molecule has 0 radical (unpaired) electrons. The van der Waals surface area contributed by atoms with Crippen LogP contribution in [0.2, 0.25) is 0 Å². The van der Waals surface area contributed by atoms with Gasteiger partial charge in [-0.25, -0.2) is 0 Å². The fourth-order valence-electron chi connectivity index (χ4n) is 5.82. The molecule has 2 fully saturated rings. The van der Waals surface area contributed by atoms with Crippen molar-refractivity contribution in [3.8, 4) is 11.1 Å². The van der Waals surface area contributed by atoms with Gasteiger partial charge in [0.1, 0.15) is 11.9 Å². The van der Waals surface area contributed by atoms with E-state index >= 15 is 0 Å². The van der Waals surface area contributed by atoms with Crippen LogP contribution in [0.5, 0.6) is 0 Å². The molecule has 2 aliphatic heterocycles. The second-order valence-electron chi connectivity index (χ2n) is 10.8. The fraction of sp³-hybridized carbons (Fsp3) is 0.333. The third-order valence-electron chi connectivity index (χ3n) is 8.02. The second kappa shape index (κ2) is 10.8. The van der Waals surface area contributed by atoms with Gasteiger partial charge >= 0.3 is 0 Å². The number of ether oxygens (including phenoxy) is 2. The van der Waals surface area contributed by atoms with Crippen molar-refractivity contribution in [2.24, 2.45) is 5.73 Å². The number of halogens is 2. The lowest BCUT2D eigenvalue weighted by Gasteiger charge is -2.25. The number of likely N-dealkylation sites (tertiary alicyclic amines) is 1. The molecule has 5 N–H and O–H groups in total. The number of thiophene rings is 1. The maximum atomic E-state index is 14.9. The van der Waals surface area contributed by atoms with E-state index in [1.54, 1.807) is 36.6 Å². The number of nitrogens with one attached hydrogen (secondary N) is 3. The monoisotopic (exact) mass is 609 g/mol. The highest BCUT2D eigenvalue weighted by atomic mass is 32.1. The minimum Gasteiger partial charge on any atom is -0.384 e. The lowest BCUT2D eigenvalue weighted by atomic mass is 10.0. The molecule has 10 nitrogen and oxygen atoms in total. The number of nitrogens with zero attached hydrogens (tertiary/aromatic N) is 1. The van der Waals surface area contributed by atoms with E-state index in [0.29, 0.717) is 24.3 Å². The normalized spacial score (nSPS) is 20.0. The van der Waals surface area contributed by atoms with Gasteiger partial charge in [-0.05, 0) is 36.2 Å². The third-order valence-corrected chi connectivity index (χ3v) is 9.14. The zero-order chi connectivity index (χ0) is 30.5. The summed E-state index contributed by atoms with van der Waals surface area (Å²) < 4.78 is 41.4. The Balaban J connectivity index is 1.15. The number of benzene rings is 2. The molecule has 1 aromatic heterocycles. The van der Waals surface area contributed by atoms with Crippen LogP contribution in [0.1, 0.15) is 51.3 Å². The predicted molar refractivity (Wildman–Crippen MR) is 154 cm³/mol. The number of amides is 3. The maximum absolute atomic E-state index is 14.9. The van der Waals surface area contributed by atoms with Crippen LogP contribution in [0.15, 0.2) is 53.9 Å². The molecule has 43 heavy (non-hydrogen) atoms. The number of alkyl halides is 2. The van der Waals surface area contributed by atoms with E-state index in [1.807, 2.05) is 0 Å². The summed E-state index contributed by atoms with van der Waals surface area (Å²) in [6.07, 6.45) is 0.118. The van der Waals surface area contributed by atoms with E-state index in [0.717, 1.165) is 4.88 Å². The largest absolute Gasteiger partial charge is 0.384 e. The number of hydrogen-bond donors (Lipinski definition) is 4. The Morgan fingerprint density at radius 1 is 1.09 bits per heavy atom. The number of carbonyl (C=O) groups excluding carboxylic acids is 3. The molecule has 3 aromatic rings. The molecule has 13 heteroatoms. The first-order valence-corrected chi connectivity index (χ1v) is 14.6. The van der Waals surface area contributed by atoms with Crippen molar-refractivity contribution >= 4 is 34.9 Å². The Bertz CT molecular complexity index is 1640. The highest BCUT2D eigenvalue weighted by Crippen LogP contribution is 2.51. The molecular weight excluding hydrogens is 580 g/mol. The Kier molecular flexibility index (Phi) is 7.27. The summed E-state index contributed by atoms with van der Waals surface area (Å²) in [4.78, 5) is 42.0. The van der Waals surface area contributed by atoms with E-state index < -0.39 is 48.1 Å². The third kappa shape index (κ3) is 5.17. The first-order chi connectivity index (χ1) is 20.5. The number of hydrogen-bond acceptors (Lipinski definition) is 7. The van der Waals surface area contributed by atoms with Crippen LogP contribution in [0.4, 0.5) is 8.78 Å². The van der Waals surface area contributed by atoms with Gasteiger partial charge in [0.2, 0.25) is 11.8 Å². The summed E-state index contributed by atoms with van der Waals surface area (Å²) in [5, 5.41) is 14.8. The topological polar surface area (TPSA) is 147 Å². The minimum atomic E-state index is -3.17. The van der Waals surface area contributed by atoms with E-state index in [9.17, 15) is 23.2 Å². The second-order valence-corrected chi connectivity index (χ2v) is 11.7. The minimum absolute atomic E-state index is 0.00632. The lowest BCUT2D eigenvalue weighted by molar-refractivity contribution is -0.152. The zero-order valence-corrected chi connectivity index (χ0v) is 23.9. The Hall–Kier alpha value is -4.20. The van der Waals surface area contributed by atoms with Crippen molar-refractivity contribution in [3.05, 3.63) is 81.0 Å². The van der Waals surface area contributed by atoms with Gasteiger partial charge in [-0.1, -0.05) is 30.3 Å². The van der Waals surface area contributed by atoms with Gasteiger partial charge in [-0.15, -0.1) is 11.3 Å². The highest BCUT2D eigenvalue weighted by molar-refractivity contribution is 7.10. The van der Waals surface area contributed by atoms with E-state index in [1.165, 1.54) is 40.5 Å². The molecule has 2 saturated heterocycles. The summed E-state index contributed by atoms with van der Waals surface area (Å²) >= 11 is 1.35. The summed E-state index contributed by atoms with van der Waals surface area (Å²) in [7, 11) is 0. The van der Waals surface area contributed by atoms with Gasteiger partial charge < -0.3 is 30.7 Å². The van der Waals surface area contributed by atoms with Crippen LogP contribution in [0.3, 0.4) is 0 Å². The summed E-state index contributed by atoms with van der Waals surface area (Å²) in [5.41, 5.74) is 6.57.